The first kappa shape index (κ1) is 16.4. The number of thiazole rings is 1. The molecule has 0 bridgehead atoms. The number of aromatic nitrogens is 1. The fourth-order valence-corrected chi connectivity index (χ4v) is 5.06. The van der Waals surface area contributed by atoms with Crippen molar-refractivity contribution in [2.24, 2.45) is 11.3 Å². The molecule has 1 aromatic heterocycles. The standard InChI is InChI=1S/C18H25N3OS/c1-2-18(10-13(11-18)8-9-19)17(22)21-15-12-20-16(23-15)14-6-4-3-5-7-14/h12-14H,2-8,10-11H2,1H3,(H,21,22). The topological polar surface area (TPSA) is 65.8 Å². The fourth-order valence-electron chi connectivity index (χ4n) is 4.08. The van der Waals surface area contributed by atoms with Gasteiger partial charge < -0.3 is 5.32 Å². The number of anilines is 1. The monoisotopic (exact) mass is 331 g/mol. The molecular formula is C18H25N3OS. The molecule has 0 atom stereocenters. The maximum absolute atomic E-state index is 12.7. The molecule has 0 aromatic carbocycles. The first-order valence-electron chi connectivity index (χ1n) is 8.81. The van der Waals surface area contributed by atoms with Crippen LogP contribution in [0.15, 0.2) is 6.20 Å². The van der Waals surface area contributed by atoms with Crippen molar-refractivity contribution >= 4 is 22.2 Å². The predicted octanol–water partition coefficient (Wildman–Crippen LogP) is 4.85. The third-order valence-electron chi connectivity index (χ3n) is 5.61. The molecule has 0 unspecified atom stereocenters. The molecule has 0 radical (unpaired) electrons. The Bertz CT molecular complexity index is 592. The molecule has 1 aromatic rings. The van der Waals surface area contributed by atoms with Crippen LogP contribution in [0.2, 0.25) is 0 Å². The van der Waals surface area contributed by atoms with Gasteiger partial charge in [0.25, 0.3) is 0 Å². The van der Waals surface area contributed by atoms with Gasteiger partial charge in [-0.2, -0.15) is 5.26 Å². The molecule has 23 heavy (non-hydrogen) atoms. The number of amides is 1. The van der Waals surface area contributed by atoms with Crippen molar-refractivity contribution in [3.8, 4) is 6.07 Å². The molecule has 5 heteroatoms. The molecule has 0 spiro atoms. The summed E-state index contributed by atoms with van der Waals surface area (Å²) >= 11 is 1.64. The van der Waals surface area contributed by atoms with Crippen LogP contribution in [0.3, 0.4) is 0 Å². The molecule has 2 aliphatic carbocycles. The Morgan fingerprint density at radius 2 is 2.17 bits per heavy atom. The van der Waals surface area contributed by atoms with Gasteiger partial charge in [0.1, 0.15) is 5.00 Å². The van der Waals surface area contributed by atoms with E-state index in [1.807, 2.05) is 6.20 Å². The summed E-state index contributed by atoms with van der Waals surface area (Å²) < 4.78 is 0. The van der Waals surface area contributed by atoms with E-state index >= 15 is 0 Å². The van der Waals surface area contributed by atoms with Gasteiger partial charge in [0.05, 0.1) is 17.3 Å². The van der Waals surface area contributed by atoms with Crippen molar-refractivity contribution in [2.45, 2.75) is 70.6 Å². The molecule has 124 valence electrons. The third kappa shape index (κ3) is 3.42. The van der Waals surface area contributed by atoms with Gasteiger partial charge in [0.15, 0.2) is 0 Å². The first-order valence-corrected chi connectivity index (χ1v) is 9.62. The number of carbonyl (C=O) groups is 1. The summed E-state index contributed by atoms with van der Waals surface area (Å²) in [6, 6.07) is 2.22. The molecule has 1 N–H and O–H groups in total. The fraction of sp³-hybridized carbons (Fsp3) is 0.722. The molecule has 4 nitrogen and oxygen atoms in total. The van der Waals surface area contributed by atoms with E-state index in [0.717, 1.165) is 24.3 Å². The van der Waals surface area contributed by atoms with Crippen molar-refractivity contribution in [2.75, 3.05) is 5.32 Å². The predicted molar refractivity (Wildman–Crippen MR) is 92.2 cm³/mol. The summed E-state index contributed by atoms with van der Waals surface area (Å²) in [6.45, 7) is 2.07. The van der Waals surface area contributed by atoms with Crippen molar-refractivity contribution in [1.29, 1.82) is 5.26 Å². The molecular weight excluding hydrogens is 306 g/mol. The number of hydrogen-bond acceptors (Lipinski definition) is 4. The lowest BCUT2D eigenvalue weighted by Gasteiger charge is -2.45. The Labute approximate surface area is 142 Å². The van der Waals surface area contributed by atoms with Crippen LogP contribution < -0.4 is 5.32 Å². The lowest BCUT2D eigenvalue weighted by Crippen LogP contribution is -2.46. The van der Waals surface area contributed by atoms with Gasteiger partial charge in [-0.15, -0.1) is 11.3 Å². The molecule has 2 fully saturated rings. The van der Waals surface area contributed by atoms with Gasteiger partial charge >= 0.3 is 0 Å². The number of rotatable bonds is 5. The molecule has 3 rings (SSSR count). The lowest BCUT2D eigenvalue weighted by molar-refractivity contribution is -0.133. The number of nitrogens with one attached hydrogen (secondary N) is 1. The second kappa shape index (κ2) is 7.00. The minimum absolute atomic E-state index is 0.119. The highest BCUT2D eigenvalue weighted by atomic mass is 32.1. The zero-order valence-electron chi connectivity index (χ0n) is 13.8. The molecule has 1 amide bonds. The summed E-state index contributed by atoms with van der Waals surface area (Å²) in [5, 5.41) is 13.9. The highest BCUT2D eigenvalue weighted by Crippen LogP contribution is 2.50. The van der Waals surface area contributed by atoms with Crippen LogP contribution in [0.5, 0.6) is 0 Å². The quantitative estimate of drug-likeness (QED) is 0.838. The lowest BCUT2D eigenvalue weighted by atomic mass is 9.59. The van der Waals surface area contributed by atoms with Crippen molar-refractivity contribution in [3.05, 3.63) is 11.2 Å². The van der Waals surface area contributed by atoms with Crippen LogP contribution in [-0.4, -0.2) is 10.9 Å². The van der Waals surface area contributed by atoms with Crippen molar-refractivity contribution < 1.29 is 4.79 Å². The Hall–Kier alpha value is -1.41. The van der Waals surface area contributed by atoms with Crippen LogP contribution in [-0.2, 0) is 4.79 Å². The summed E-state index contributed by atoms with van der Waals surface area (Å²) in [5.41, 5.74) is -0.267. The molecule has 2 saturated carbocycles. The van der Waals surface area contributed by atoms with Crippen LogP contribution in [0.4, 0.5) is 5.00 Å². The highest BCUT2D eigenvalue weighted by molar-refractivity contribution is 7.15. The Kier molecular flexibility index (Phi) is 5.01. The van der Waals surface area contributed by atoms with E-state index in [0.29, 0.717) is 18.3 Å². The number of nitriles is 1. The van der Waals surface area contributed by atoms with Gasteiger partial charge in [-0.05, 0) is 38.0 Å². The van der Waals surface area contributed by atoms with Crippen molar-refractivity contribution in [1.82, 2.24) is 4.98 Å². The first-order chi connectivity index (χ1) is 11.2. The van der Waals surface area contributed by atoms with Gasteiger partial charge in [0.2, 0.25) is 5.91 Å². The Morgan fingerprint density at radius 3 is 2.83 bits per heavy atom. The average Bonchev–Trinajstić information content (AvgIpc) is 3.00. The zero-order valence-corrected chi connectivity index (χ0v) is 14.6. The molecule has 1 heterocycles. The normalized spacial score (nSPS) is 27.9. The summed E-state index contributed by atoms with van der Waals surface area (Å²) in [5.74, 6) is 1.10. The molecule has 0 aliphatic heterocycles. The summed E-state index contributed by atoms with van der Waals surface area (Å²) in [4.78, 5) is 17.2. The van der Waals surface area contributed by atoms with E-state index in [1.165, 1.54) is 37.1 Å². The third-order valence-corrected chi connectivity index (χ3v) is 6.69. The second-order valence-corrected chi connectivity index (χ2v) is 8.18. The van der Waals surface area contributed by atoms with E-state index in [4.69, 9.17) is 5.26 Å². The van der Waals surface area contributed by atoms with Crippen LogP contribution in [0.1, 0.15) is 75.6 Å². The van der Waals surface area contributed by atoms with Gasteiger partial charge in [0, 0.05) is 17.8 Å². The zero-order chi connectivity index (χ0) is 16.3. The van der Waals surface area contributed by atoms with Gasteiger partial charge in [-0.3, -0.25) is 4.79 Å². The smallest absolute Gasteiger partial charge is 0.231 e. The van der Waals surface area contributed by atoms with E-state index in [1.54, 1.807) is 11.3 Å². The largest absolute Gasteiger partial charge is 0.316 e. The maximum Gasteiger partial charge on any atom is 0.231 e. The highest BCUT2D eigenvalue weighted by Gasteiger charge is 2.48. The minimum Gasteiger partial charge on any atom is -0.316 e. The summed E-state index contributed by atoms with van der Waals surface area (Å²) in [7, 11) is 0. The van der Waals surface area contributed by atoms with Crippen LogP contribution in [0.25, 0.3) is 0 Å². The Morgan fingerprint density at radius 1 is 1.43 bits per heavy atom. The van der Waals surface area contributed by atoms with E-state index in [-0.39, 0.29) is 11.3 Å². The van der Waals surface area contributed by atoms with Crippen LogP contribution in [0, 0.1) is 22.7 Å². The van der Waals surface area contributed by atoms with Gasteiger partial charge in [-0.1, -0.05) is 26.2 Å². The Balaban J connectivity index is 1.59. The molecule has 2 aliphatic rings. The number of hydrogen-bond donors (Lipinski definition) is 1. The summed E-state index contributed by atoms with van der Waals surface area (Å²) in [6.07, 6.45) is 11.3. The number of carbonyl (C=O) groups excluding carboxylic acids is 1. The van der Waals surface area contributed by atoms with Gasteiger partial charge in [-0.25, -0.2) is 4.98 Å². The maximum atomic E-state index is 12.7. The molecule has 0 saturated heterocycles. The van der Waals surface area contributed by atoms with Crippen molar-refractivity contribution in [3.63, 3.8) is 0 Å². The number of nitrogens with zero attached hydrogens (tertiary/aromatic N) is 2. The average molecular weight is 331 g/mol. The SMILES string of the molecule is CCC1(C(=O)Nc2cnc(C3CCCCC3)s2)CC(CC#N)C1. The van der Waals surface area contributed by atoms with Crippen LogP contribution >= 0.6 is 11.3 Å². The van der Waals surface area contributed by atoms with E-state index in [9.17, 15) is 4.79 Å². The van der Waals surface area contributed by atoms with E-state index in [2.05, 4.69) is 23.3 Å². The second-order valence-electron chi connectivity index (χ2n) is 7.12. The minimum atomic E-state index is -0.267. The van der Waals surface area contributed by atoms with E-state index < -0.39 is 0 Å².